The van der Waals surface area contributed by atoms with Gasteiger partial charge in [0.1, 0.15) is 0 Å². The topological polar surface area (TPSA) is 70.0 Å². The van der Waals surface area contributed by atoms with Gasteiger partial charge in [-0.25, -0.2) is 8.42 Å². The van der Waals surface area contributed by atoms with Crippen molar-refractivity contribution >= 4 is 20.8 Å². The zero-order valence-electron chi connectivity index (χ0n) is 19.3. The van der Waals surface area contributed by atoms with Crippen molar-refractivity contribution in [1.82, 2.24) is 8.87 Å². The van der Waals surface area contributed by atoms with E-state index >= 15 is 0 Å². The average Bonchev–Trinajstić information content (AvgIpc) is 3.35. The first-order chi connectivity index (χ1) is 16.5. The van der Waals surface area contributed by atoms with Gasteiger partial charge in [0.2, 0.25) is 15.8 Å². The molecule has 0 amide bonds. The molecule has 8 heteroatoms. The maximum Gasteiger partial charge on any atom is 0.244 e. The Kier molecular flexibility index (Phi) is 5.71. The molecule has 0 unspecified atom stereocenters. The van der Waals surface area contributed by atoms with E-state index in [1.54, 1.807) is 37.8 Å². The summed E-state index contributed by atoms with van der Waals surface area (Å²) >= 11 is 0. The van der Waals surface area contributed by atoms with Crippen molar-refractivity contribution in [2.75, 3.05) is 27.9 Å². The standard InChI is InChI=1S/C26H26N2O5S/c1-31-23-16-20(17-24(32-2)26(23)33-3)25-22-9-6-12-27(22)13-14-28(25)34(29,30)21-11-10-18-7-4-5-8-19(18)15-21/h4-12,15-17,25H,13-14H2,1-3H3/t25-/m1/s1. The zero-order chi connectivity index (χ0) is 23.9. The number of hydrogen-bond acceptors (Lipinski definition) is 5. The van der Waals surface area contributed by atoms with Crippen LogP contribution in [0, 0.1) is 0 Å². The predicted octanol–water partition coefficient (Wildman–Crippen LogP) is 4.46. The van der Waals surface area contributed by atoms with Crippen molar-refractivity contribution in [2.45, 2.75) is 17.5 Å². The van der Waals surface area contributed by atoms with Crippen LogP contribution < -0.4 is 14.2 Å². The summed E-state index contributed by atoms with van der Waals surface area (Å²) in [6.45, 7) is 0.897. The molecule has 0 bridgehead atoms. The SMILES string of the molecule is COc1cc([C@@H]2c3cccn3CCN2S(=O)(=O)c2ccc3ccccc3c2)cc(OC)c1OC. The lowest BCUT2D eigenvalue weighted by Gasteiger charge is -2.36. The van der Waals surface area contributed by atoms with Gasteiger partial charge in [-0.15, -0.1) is 0 Å². The van der Waals surface area contributed by atoms with Crippen LogP contribution in [0.5, 0.6) is 17.2 Å². The van der Waals surface area contributed by atoms with Crippen molar-refractivity contribution < 1.29 is 22.6 Å². The number of benzene rings is 3. The lowest BCUT2D eigenvalue weighted by molar-refractivity contribution is 0.293. The molecule has 0 aliphatic carbocycles. The van der Waals surface area contributed by atoms with Crippen LogP contribution >= 0.6 is 0 Å². The van der Waals surface area contributed by atoms with Crippen LogP contribution in [0.2, 0.25) is 0 Å². The Hall–Kier alpha value is -3.49. The van der Waals surface area contributed by atoms with Crippen LogP contribution in [-0.4, -0.2) is 45.2 Å². The van der Waals surface area contributed by atoms with Crippen LogP contribution in [0.15, 0.2) is 77.8 Å². The summed E-state index contributed by atoms with van der Waals surface area (Å²) < 4.78 is 48.2. The summed E-state index contributed by atoms with van der Waals surface area (Å²) in [6.07, 6.45) is 1.97. The lowest BCUT2D eigenvalue weighted by Crippen LogP contribution is -2.42. The van der Waals surface area contributed by atoms with Crippen LogP contribution in [0.1, 0.15) is 17.3 Å². The Morgan fingerprint density at radius 3 is 2.18 bits per heavy atom. The number of sulfonamides is 1. The van der Waals surface area contributed by atoms with Crippen molar-refractivity contribution in [3.8, 4) is 17.2 Å². The van der Waals surface area contributed by atoms with E-state index in [2.05, 4.69) is 4.57 Å². The highest BCUT2D eigenvalue weighted by Gasteiger charge is 2.38. The third-order valence-electron chi connectivity index (χ3n) is 6.32. The molecule has 0 spiro atoms. The van der Waals surface area contributed by atoms with Crippen molar-refractivity contribution in [1.29, 1.82) is 0 Å². The third-order valence-corrected chi connectivity index (χ3v) is 8.18. The molecule has 1 aliphatic heterocycles. The second-order valence-corrected chi connectivity index (χ2v) is 10.0. The minimum Gasteiger partial charge on any atom is -0.493 e. The molecule has 5 rings (SSSR count). The fourth-order valence-electron chi connectivity index (χ4n) is 4.68. The highest BCUT2D eigenvalue weighted by Crippen LogP contribution is 2.44. The molecule has 1 aliphatic rings. The molecule has 0 saturated heterocycles. The molecule has 1 aromatic heterocycles. The van der Waals surface area contributed by atoms with Gasteiger partial charge in [-0.2, -0.15) is 4.31 Å². The summed E-state index contributed by atoms with van der Waals surface area (Å²) in [5.74, 6) is 1.41. The van der Waals surface area contributed by atoms with Crippen LogP contribution in [0.4, 0.5) is 0 Å². The summed E-state index contributed by atoms with van der Waals surface area (Å²) in [5, 5.41) is 1.88. The lowest BCUT2D eigenvalue weighted by atomic mass is 10.0. The maximum absolute atomic E-state index is 14.0. The van der Waals surface area contributed by atoms with Gasteiger partial charge in [-0.05, 0) is 52.7 Å². The second-order valence-electron chi connectivity index (χ2n) is 8.11. The second kappa shape index (κ2) is 8.70. The van der Waals surface area contributed by atoms with E-state index in [1.807, 2.05) is 60.8 Å². The van der Waals surface area contributed by atoms with E-state index in [1.165, 1.54) is 0 Å². The van der Waals surface area contributed by atoms with Gasteiger partial charge >= 0.3 is 0 Å². The Labute approximate surface area is 199 Å². The number of rotatable bonds is 6. The first-order valence-electron chi connectivity index (χ1n) is 10.9. The highest BCUT2D eigenvalue weighted by atomic mass is 32.2. The quantitative estimate of drug-likeness (QED) is 0.409. The molecule has 34 heavy (non-hydrogen) atoms. The van der Waals surface area contributed by atoms with Gasteiger partial charge < -0.3 is 18.8 Å². The molecule has 3 aromatic carbocycles. The normalized spacial score (nSPS) is 16.3. The van der Waals surface area contributed by atoms with Crippen LogP contribution in [0.25, 0.3) is 10.8 Å². The van der Waals surface area contributed by atoms with E-state index in [0.29, 0.717) is 30.3 Å². The number of nitrogens with zero attached hydrogens (tertiary/aromatic N) is 2. The van der Waals surface area contributed by atoms with Gasteiger partial charge in [-0.1, -0.05) is 30.3 Å². The van der Waals surface area contributed by atoms with Gasteiger partial charge in [0, 0.05) is 25.0 Å². The largest absolute Gasteiger partial charge is 0.493 e. The first kappa shape index (κ1) is 22.3. The smallest absolute Gasteiger partial charge is 0.244 e. The van der Waals surface area contributed by atoms with E-state index in [0.717, 1.165) is 22.0 Å². The summed E-state index contributed by atoms with van der Waals surface area (Å²) in [5.41, 5.74) is 1.61. The molecular formula is C26H26N2O5S. The maximum atomic E-state index is 14.0. The van der Waals surface area contributed by atoms with E-state index in [-0.39, 0.29) is 4.90 Å². The van der Waals surface area contributed by atoms with E-state index in [9.17, 15) is 8.42 Å². The fourth-order valence-corrected chi connectivity index (χ4v) is 6.30. The van der Waals surface area contributed by atoms with Crippen molar-refractivity contribution in [3.05, 3.63) is 84.2 Å². The van der Waals surface area contributed by atoms with Gasteiger partial charge in [0.05, 0.1) is 32.3 Å². The van der Waals surface area contributed by atoms with Crippen molar-refractivity contribution in [2.24, 2.45) is 0 Å². The molecular weight excluding hydrogens is 452 g/mol. The number of fused-ring (bicyclic) bond motifs is 2. The van der Waals surface area contributed by atoms with Gasteiger partial charge in [-0.3, -0.25) is 0 Å². The Morgan fingerprint density at radius 2 is 1.50 bits per heavy atom. The molecule has 0 N–H and O–H groups in total. The van der Waals surface area contributed by atoms with E-state index in [4.69, 9.17) is 14.2 Å². The molecule has 4 aromatic rings. The van der Waals surface area contributed by atoms with Crippen LogP contribution in [-0.2, 0) is 16.6 Å². The third kappa shape index (κ3) is 3.59. The Morgan fingerprint density at radius 1 is 0.794 bits per heavy atom. The van der Waals surface area contributed by atoms with Crippen LogP contribution in [0.3, 0.4) is 0 Å². The van der Waals surface area contributed by atoms with Gasteiger partial charge in [0.15, 0.2) is 11.5 Å². The molecule has 0 fully saturated rings. The van der Waals surface area contributed by atoms with Crippen molar-refractivity contribution in [3.63, 3.8) is 0 Å². The number of hydrogen-bond donors (Lipinski definition) is 0. The zero-order valence-corrected chi connectivity index (χ0v) is 20.1. The minimum absolute atomic E-state index is 0.267. The molecule has 7 nitrogen and oxygen atoms in total. The molecule has 0 saturated carbocycles. The number of ether oxygens (including phenoxy) is 3. The van der Waals surface area contributed by atoms with Gasteiger partial charge in [0.25, 0.3) is 0 Å². The molecule has 2 heterocycles. The molecule has 176 valence electrons. The fraction of sp³-hybridized carbons (Fsp3) is 0.231. The first-order valence-corrected chi connectivity index (χ1v) is 12.4. The predicted molar refractivity (Wildman–Crippen MR) is 130 cm³/mol. The van der Waals surface area contributed by atoms with E-state index < -0.39 is 16.1 Å². The Balaban J connectivity index is 1.68. The minimum atomic E-state index is -3.82. The highest BCUT2D eigenvalue weighted by molar-refractivity contribution is 7.89. The summed E-state index contributed by atoms with van der Waals surface area (Å²) in [6, 6.07) is 20.0. The molecule has 0 radical (unpaired) electrons. The Bertz CT molecular complexity index is 1440. The average molecular weight is 479 g/mol. The number of methoxy groups -OCH3 is 3. The molecule has 1 atom stereocenters. The summed E-state index contributed by atoms with van der Waals surface area (Å²) in [4.78, 5) is 0.267. The number of aromatic nitrogens is 1. The monoisotopic (exact) mass is 478 g/mol. The summed E-state index contributed by atoms with van der Waals surface area (Å²) in [7, 11) is 0.824.